The number of sulfonamides is 1. The van der Waals surface area contributed by atoms with Crippen LogP contribution in [0.5, 0.6) is 0 Å². The van der Waals surface area contributed by atoms with Gasteiger partial charge in [-0.05, 0) is 25.5 Å². The number of rotatable bonds is 6. The van der Waals surface area contributed by atoms with Crippen LogP contribution in [0.25, 0.3) is 0 Å². The molecule has 5 nitrogen and oxygen atoms in total. The summed E-state index contributed by atoms with van der Waals surface area (Å²) in [4.78, 5) is 10.6. The number of carboxylic acids is 1. The van der Waals surface area contributed by atoms with Gasteiger partial charge in [0, 0.05) is 0 Å². The van der Waals surface area contributed by atoms with Gasteiger partial charge in [-0.1, -0.05) is 31.0 Å². The topological polar surface area (TPSA) is 83.5 Å². The first-order chi connectivity index (χ1) is 9.14. The van der Waals surface area contributed by atoms with Crippen LogP contribution in [0.15, 0.2) is 23.1 Å². The number of benzene rings is 1. The highest BCUT2D eigenvalue weighted by Gasteiger charge is 2.38. The minimum absolute atomic E-state index is 0.0732. The van der Waals surface area contributed by atoms with E-state index < -0.39 is 32.2 Å². The summed E-state index contributed by atoms with van der Waals surface area (Å²) in [7, 11) is -4.33. The van der Waals surface area contributed by atoms with E-state index in [1.165, 1.54) is 19.1 Å². The molecule has 0 radical (unpaired) electrons. The van der Waals surface area contributed by atoms with E-state index in [0.717, 1.165) is 6.07 Å². The lowest BCUT2D eigenvalue weighted by atomic mass is 9.98. The van der Waals surface area contributed by atoms with Crippen LogP contribution in [-0.2, 0) is 14.8 Å². The Balaban J connectivity index is 3.24. The Kier molecular flexibility index (Phi) is 5.12. The third kappa shape index (κ3) is 3.47. The molecule has 1 atom stereocenters. The second-order valence-electron chi connectivity index (χ2n) is 4.54. The Morgan fingerprint density at radius 1 is 1.50 bits per heavy atom. The standard InChI is InChI=1S/C12H15ClFNO4S/c1-3-7-12(2,11(16)17)15-20(18,19)9-6-4-5-8(13)10(9)14/h4-6,15H,3,7H2,1-2H3,(H,16,17). The Morgan fingerprint density at radius 3 is 2.60 bits per heavy atom. The van der Waals surface area contributed by atoms with Crippen molar-refractivity contribution in [3.63, 3.8) is 0 Å². The first kappa shape index (κ1) is 16.9. The van der Waals surface area contributed by atoms with Crippen LogP contribution in [0.1, 0.15) is 26.7 Å². The summed E-state index contributed by atoms with van der Waals surface area (Å²) < 4.78 is 40.0. The monoisotopic (exact) mass is 323 g/mol. The molecule has 1 aromatic carbocycles. The Morgan fingerprint density at radius 2 is 2.10 bits per heavy atom. The maximum atomic E-state index is 13.8. The third-order valence-corrected chi connectivity index (χ3v) is 4.69. The number of carboxylic acid groups (broad SMARTS) is 1. The largest absolute Gasteiger partial charge is 0.480 e. The van der Waals surface area contributed by atoms with Crippen molar-refractivity contribution in [1.82, 2.24) is 4.72 Å². The number of nitrogens with one attached hydrogen (secondary N) is 1. The fraction of sp³-hybridized carbons (Fsp3) is 0.417. The number of aliphatic carboxylic acids is 1. The van der Waals surface area contributed by atoms with Crippen molar-refractivity contribution in [1.29, 1.82) is 0 Å². The van der Waals surface area contributed by atoms with E-state index in [9.17, 15) is 17.6 Å². The first-order valence-corrected chi connectivity index (χ1v) is 7.71. The molecule has 8 heteroatoms. The molecule has 1 aromatic rings. The van der Waals surface area contributed by atoms with Gasteiger partial charge >= 0.3 is 5.97 Å². The van der Waals surface area contributed by atoms with Crippen molar-refractivity contribution in [2.45, 2.75) is 37.1 Å². The highest BCUT2D eigenvalue weighted by molar-refractivity contribution is 7.89. The molecule has 0 spiro atoms. The molecule has 20 heavy (non-hydrogen) atoms. The van der Waals surface area contributed by atoms with Gasteiger partial charge in [0.05, 0.1) is 5.02 Å². The summed E-state index contributed by atoms with van der Waals surface area (Å²) in [6, 6.07) is 3.51. The zero-order chi connectivity index (χ0) is 15.6. The fourth-order valence-corrected chi connectivity index (χ4v) is 3.47. The SMILES string of the molecule is CCCC(C)(NS(=O)(=O)c1cccc(Cl)c1F)C(=O)O. The van der Waals surface area contributed by atoms with Crippen molar-refractivity contribution in [3.05, 3.63) is 29.0 Å². The number of hydrogen-bond donors (Lipinski definition) is 2. The average Bonchev–Trinajstić information content (AvgIpc) is 2.31. The maximum absolute atomic E-state index is 13.8. The van der Waals surface area contributed by atoms with Gasteiger partial charge in [-0.15, -0.1) is 0 Å². The van der Waals surface area contributed by atoms with Crippen molar-refractivity contribution in [3.8, 4) is 0 Å². The fourth-order valence-electron chi connectivity index (χ4n) is 1.74. The van der Waals surface area contributed by atoms with Gasteiger partial charge in [0.2, 0.25) is 10.0 Å². The van der Waals surface area contributed by atoms with Crippen LogP contribution < -0.4 is 4.72 Å². The number of halogens is 2. The molecule has 0 aromatic heterocycles. The van der Waals surface area contributed by atoms with Crippen molar-refractivity contribution >= 4 is 27.6 Å². The van der Waals surface area contributed by atoms with E-state index >= 15 is 0 Å². The highest BCUT2D eigenvalue weighted by Crippen LogP contribution is 2.24. The Labute approximate surface area is 121 Å². The molecule has 0 aliphatic carbocycles. The molecule has 0 bridgehead atoms. The molecule has 112 valence electrons. The van der Waals surface area contributed by atoms with Gasteiger partial charge in [-0.25, -0.2) is 12.8 Å². The van der Waals surface area contributed by atoms with E-state index in [4.69, 9.17) is 16.7 Å². The van der Waals surface area contributed by atoms with Gasteiger partial charge in [-0.2, -0.15) is 4.72 Å². The second-order valence-corrected chi connectivity index (χ2v) is 6.60. The van der Waals surface area contributed by atoms with E-state index in [2.05, 4.69) is 0 Å². The summed E-state index contributed by atoms with van der Waals surface area (Å²) in [6.07, 6.45) is 0.521. The van der Waals surface area contributed by atoms with Crippen LogP contribution in [-0.4, -0.2) is 25.0 Å². The summed E-state index contributed by atoms with van der Waals surface area (Å²) in [6.45, 7) is 2.95. The van der Waals surface area contributed by atoms with Gasteiger partial charge < -0.3 is 5.11 Å². The lowest BCUT2D eigenvalue weighted by Gasteiger charge is -2.25. The molecule has 0 fully saturated rings. The molecule has 1 rings (SSSR count). The van der Waals surface area contributed by atoms with Crippen LogP contribution in [0, 0.1) is 5.82 Å². The van der Waals surface area contributed by atoms with Gasteiger partial charge in [-0.3, -0.25) is 4.79 Å². The molecule has 0 amide bonds. The lowest BCUT2D eigenvalue weighted by molar-refractivity contribution is -0.143. The minimum Gasteiger partial charge on any atom is -0.480 e. The molecule has 0 aliphatic heterocycles. The van der Waals surface area contributed by atoms with Crippen LogP contribution >= 0.6 is 11.6 Å². The molecule has 2 N–H and O–H groups in total. The minimum atomic E-state index is -4.33. The highest BCUT2D eigenvalue weighted by atomic mass is 35.5. The summed E-state index contributed by atoms with van der Waals surface area (Å²) in [5.41, 5.74) is -1.71. The molecular weight excluding hydrogens is 309 g/mol. The molecule has 0 heterocycles. The van der Waals surface area contributed by atoms with E-state index in [1.807, 2.05) is 4.72 Å². The molecular formula is C12H15ClFNO4S. The smallest absolute Gasteiger partial charge is 0.324 e. The summed E-state index contributed by atoms with van der Waals surface area (Å²) in [5.74, 6) is -2.43. The van der Waals surface area contributed by atoms with Crippen LogP contribution in [0.2, 0.25) is 5.02 Å². The average molecular weight is 324 g/mol. The van der Waals surface area contributed by atoms with Crippen LogP contribution in [0.4, 0.5) is 4.39 Å². The second kappa shape index (κ2) is 6.07. The molecule has 0 aliphatic rings. The Bertz CT molecular complexity index is 620. The van der Waals surface area contributed by atoms with E-state index in [0.29, 0.717) is 6.42 Å². The van der Waals surface area contributed by atoms with Crippen molar-refractivity contribution in [2.24, 2.45) is 0 Å². The van der Waals surface area contributed by atoms with Gasteiger partial charge in [0.15, 0.2) is 5.82 Å². The summed E-state index contributed by atoms with van der Waals surface area (Å²) in [5, 5.41) is 8.80. The van der Waals surface area contributed by atoms with Crippen molar-refractivity contribution in [2.75, 3.05) is 0 Å². The maximum Gasteiger partial charge on any atom is 0.324 e. The zero-order valence-electron chi connectivity index (χ0n) is 11.0. The predicted octanol–water partition coefficient (Wildman–Crippen LogP) is 2.40. The summed E-state index contributed by atoms with van der Waals surface area (Å²) >= 11 is 5.53. The molecule has 0 saturated carbocycles. The molecule has 1 unspecified atom stereocenters. The molecule has 0 saturated heterocycles. The van der Waals surface area contributed by atoms with Crippen molar-refractivity contribution < 1.29 is 22.7 Å². The number of hydrogen-bond acceptors (Lipinski definition) is 3. The van der Waals surface area contributed by atoms with E-state index in [1.54, 1.807) is 6.92 Å². The van der Waals surface area contributed by atoms with Crippen LogP contribution in [0.3, 0.4) is 0 Å². The lowest BCUT2D eigenvalue weighted by Crippen LogP contribution is -2.52. The van der Waals surface area contributed by atoms with Gasteiger partial charge in [0.1, 0.15) is 10.4 Å². The van der Waals surface area contributed by atoms with Gasteiger partial charge in [0.25, 0.3) is 0 Å². The predicted molar refractivity (Wildman–Crippen MR) is 72.7 cm³/mol. The van der Waals surface area contributed by atoms with E-state index in [-0.39, 0.29) is 11.4 Å². The Hall–Kier alpha value is -1.18. The zero-order valence-corrected chi connectivity index (χ0v) is 12.6. The first-order valence-electron chi connectivity index (χ1n) is 5.85. The normalized spacial score (nSPS) is 14.8. The quantitative estimate of drug-likeness (QED) is 0.842. The third-order valence-electron chi connectivity index (χ3n) is 2.79. The number of carbonyl (C=O) groups is 1.